The Labute approximate surface area is 135 Å². The van der Waals surface area contributed by atoms with Crippen molar-refractivity contribution in [3.8, 4) is 0 Å². The molecule has 1 atom stereocenters. The van der Waals surface area contributed by atoms with E-state index in [0.29, 0.717) is 6.54 Å². The molecule has 4 rings (SSSR count). The molecule has 1 aromatic rings. The number of amides is 2. The summed E-state index contributed by atoms with van der Waals surface area (Å²) >= 11 is 6.23. The van der Waals surface area contributed by atoms with E-state index in [4.69, 9.17) is 11.6 Å². The molecule has 0 radical (unpaired) electrons. The quantitative estimate of drug-likeness (QED) is 0.841. The third-order valence-corrected chi connectivity index (χ3v) is 5.34. The van der Waals surface area contributed by atoms with Gasteiger partial charge in [-0.2, -0.15) is 0 Å². The van der Waals surface area contributed by atoms with Gasteiger partial charge in [-0.25, -0.2) is 0 Å². The van der Waals surface area contributed by atoms with Crippen LogP contribution in [0.1, 0.15) is 31.2 Å². The van der Waals surface area contributed by atoms with E-state index in [1.165, 1.54) is 0 Å². The van der Waals surface area contributed by atoms with E-state index >= 15 is 0 Å². The summed E-state index contributed by atoms with van der Waals surface area (Å²) in [5.41, 5.74) is 1.97. The molecule has 0 bridgehead atoms. The standard InChI is InChI=1S/C17H19ClN2O2/c18-13-3-1-4-14-12(13)8-10-20(14)17(22)15-5-2-9-19(15)16(21)11-6-7-11/h1,3-4,11,15H,2,5-10H2. The first-order valence-electron chi connectivity index (χ1n) is 8.06. The average Bonchev–Trinajstić information content (AvgIpc) is 3.09. The third kappa shape index (κ3) is 2.21. The lowest BCUT2D eigenvalue weighted by Crippen LogP contribution is -2.48. The molecule has 0 spiro atoms. The largest absolute Gasteiger partial charge is 0.330 e. The Morgan fingerprint density at radius 2 is 1.91 bits per heavy atom. The average molecular weight is 319 g/mol. The minimum absolute atomic E-state index is 0.0625. The Morgan fingerprint density at radius 1 is 1.09 bits per heavy atom. The predicted octanol–water partition coefficient (Wildman–Crippen LogP) is 2.63. The van der Waals surface area contributed by atoms with Gasteiger partial charge in [0, 0.05) is 29.7 Å². The van der Waals surface area contributed by atoms with Gasteiger partial charge >= 0.3 is 0 Å². The Morgan fingerprint density at radius 3 is 2.68 bits per heavy atom. The molecule has 22 heavy (non-hydrogen) atoms. The van der Waals surface area contributed by atoms with Gasteiger partial charge in [-0.05, 0) is 49.8 Å². The number of hydrogen-bond donors (Lipinski definition) is 0. The molecule has 1 saturated heterocycles. The lowest BCUT2D eigenvalue weighted by Gasteiger charge is -2.28. The van der Waals surface area contributed by atoms with Crippen molar-refractivity contribution in [3.63, 3.8) is 0 Å². The summed E-state index contributed by atoms with van der Waals surface area (Å²) in [4.78, 5) is 29.0. The van der Waals surface area contributed by atoms with E-state index in [1.54, 1.807) is 0 Å². The minimum Gasteiger partial charge on any atom is -0.330 e. The number of carbonyl (C=O) groups is 2. The Hall–Kier alpha value is -1.55. The van der Waals surface area contributed by atoms with Gasteiger partial charge in [-0.1, -0.05) is 17.7 Å². The highest BCUT2D eigenvalue weighted by atomic mass is 35.5. The first-order valence-corrected chi connectivity index (χ1v) is 8.44. The van der Waals surface area contributed by atoms with E-state index in [0.717, 1.165) is 54.9 Å². The molecule has 0 aromatic heterocycles. The minimum atomic E-state index is -0.280. The molecule has 2 heterocycles. The number of likely N-dealkylation sites (tertiary alicyclic amines) is 1. The predicted molar refractivity (Wildman–Crippen MR) is 85.0 cm³/mol. The number of halogens is 1. The Kier molecular flexibility index (Phi) is 3.37. The van der Waals surface area contributed by atoms with Crippen molar-refractivity contribution in [1.82, 2.24) is 4.90 Å². The zero-order chi connectivity index (χ0) is 15.3. The molecule has 1 saturated carbocycles. The van der Waals surface area contributed by atoms with Gasteiger partial charge in [0.2, 0.25) is 11.8 Å². The molecule has 0 N–H and O–H groups in total. The first-order chi connectivity index (χ1) is 10.7. The topological polar surface area (TPSA) is 40.6 Å². The fourth-order valence-electron chi connectivity index (χ4n) is 3.65. The normalized spacial score (nSPS) is 23.8. The van der Waals surface area contributed by atoms with E-state index < -0.39 is 0 Å². The van der Waals surface area contributed by atoms with Crippen molar-refractivity contribution >= 4 is 29.1 Å². The molecule has 1 aliphatic carbocycles. The van der Waals surface area contributed by atoms with Gasteiger partial charge in [0.15, 0.2) is 0 Å². The smallest absolute Gasteiger partial charge is 0.249 e. The molecule has 5 heteroatoms. The monoisotopic (exact) mass is 318 g/mol. The van der Waals surface area contributed by atoms with Crippen LogP contribution in [0.2, 0.25) is 5.02 Å². The number of fused-ring (bicyclic) bond motifs is 1. The van der Waals surface area contributed by atoms with Gasteiger partial charge < -0.3 is 9.80 Å². The molecule has 116 valence electrons. The summed E-state index contributed by atoms with van der Waals surface area (Å²) in [6.07, 6.45) is 4.47. The van der Waals surface area contributed by atoms with Crippen LogP contribution in [0.3, 0.4) is 0 Å². The highest BCUT2D eigenvalue weighted by Gasteiger charge is 2.43. The van der Waals surface area contributed by atoms with E-state index in [-0.39, 0.29) is 23.8 Å². The third-order valence-electron chi connectivity index (χ3n) is 4.98. The molecule has 2 fully saturated rings. The second-order valence-electron chi connectivity index (χ2n) is 6.44. The SMILES string of the molecule is O=C(C1CCCN1C(=O)C1CC1)N1CCc2c(Cl)cccc21. The Bertz CT molecular complexity index is 642. The van der Waals surface area contributed by atoms with Crippen LogP contribution in [0.25, 0.3) is 0 Å². The van der Waals surface area contributed by atoms with Crippen LogP contribution in [0.15, 0.2) is 18.2 Å². The summed E-state index contributed by atoms with van der Waals surface area (Å²) in [5, 5.41) is 0.727. The van der Waals surface area contributed by atoms with Crippen LogP contribution in [0.5, 0.6) is 0 Å². The van der Waals surface area contributed by atoms with Crippen LogP contribution < -0.4 is 4.90 Å². The highest BCUT2D eigenvalue weighted by Crippen LogP contribution is 2.37. The van der Waals surface area contributed by atoms with Crippen LogP contribution in [-0.2, 0) is 16.0 Å². The number of nitrogens with zero attached hydrogens (tertiary/aromatic N) is 2. The second kappa shape index (κ2) is 5.27. The Balaban J connectivity index is 1.57. The van der Waals surface area contributed by atoms with Gasteiger partial charge in [0.05, 0.1) is 0 Å². The molecule has 3 aliphatic rings. The van der Waals surface area contributed by atoms with E-state index in [9.17, 15) is 9.59 Å². The molecule has 1 unspecified atom stereocenters. The van der Waals surface area contributed by atoms with E-state index in [1.807, 2.05) is 28.0 Å². The van der Waals surface area contributed by atoms with Gasteiger partial charge in [-0.3, -0.25) is 9.59 Å². The number of rotatable bonds is 2. The maximum atomic E-state index is 13.0. The number of anilines is 1. The van der Waals surface area contributed by atoms with Crippen molar-refractivity contribution in [2.24, 2.45) is 5.92 Å². The van der Waals surface area contributed by atoms with Crippen molar-refractivity contribution in [2.75, 3.05) is 18.0 Å². The summed E-state index contributed by atoms with van der Waals surface area (Å²) in [5.74, 6) is 0.419. The van der Waals surface area contributed by atoms with Crippen LogP contribution in [0, 0.1) is 5.92 Å². The summed E-state index contributed by atoms with van der Waals surface area (Å²) in [7, 11) is 0. The zero-order valence-electron chi connectivity index (χ0n) is 12.4. The summed E-state index contributed by atoms with van der Waals surface area (Å²) < 4.78 is 0. The van der Waals surface area contributed by atoms with Crippen molar-refractivity contribution < 1.29 is 9.59 Å². The molecular weight excluding hydrogens is 300 g/mol. The lowest BCUT2D eigenvalue weighted by molar-refractivity contribution is -0.138. The molecule has 1 aromatic carbocycles. The molecular formula is C17H19ClN2O2. The first kappa shape index (κ1) is 14.1. The summed E-state index contributed by atoms with van der Waals surface area (Å²) in [6.45, 7) is 1.39. The number of benzene rings is 1. The van der Waals surface area contributed by atoms with Gasteiger partial charge in [0.1, 0.15) is 6.04 Å². The van der Waals surface area contributed by atoms with Crippen molar-refractivity contribution in [1.29, 1.82) is 0 Å². The molecule has 4 nitrogen and oxygen atoms in total. The fourth-order valence-corrected chi connectivity index (χ4v) is 3.92. The molecule has 2 aliphatic heterocycles. The second-order valence-corrected chi connectivity index (χ2v) is 6.85. The maximum absolute atomic E-state index is 13.0. The zero-order valence-corrected chi connectivity index (χ0v) is 13.2. The highest BCUT2D eigenvalue weighted by molar-refractivity contribution is 6.32. The van der Waals surface area contributed by atoms with Crippen LogP contribution >= 0.6 is 11.6 Å². The maximum Gasteiger partial charge on any atom is 0.249 e. The van der Waals surface area contributed by atoms with Crippen LogP contribution in [-0.4, -0.2) is 35.8 Å². The van der Waals surface area contributed by atoms with Crippen molar-refractivity contribution in [2.45, 2.75) is 38.1 Å². The number of carbonyl (C=O) groups excluding carboxylic acids is 2. The fraction of sp³-hybridized carbons (Fsp3) is 0.529. The van der Waals surface area contributed by atoms with Crippen LogP contribution in [0.4, 0.5) is 5.69 Å². The van der Waals surface area contributed by atoms with E-state index in [2.05, 4.69) is 0 Å². The van der Waals surface area contributed by atoms with Gasteiger partial charge in [-0.15, -0.1) is 0 Å². The van der Waals surface area contributed by atoms with Gasteiger partial charge in [0.25, 0.3) is 0 Å². The molecule has 2 amide bonds. The summed E-state index contributed by atoms with van der Waals surface area (Å²) in [6, 6.07) is 5.42. The lowest BCUT2D eigenvalue weighted by atomic mass is 10.1. The number of hydrogen-bond acceptors (Lipinski definition) is 2. The van der Waals surface area contributed by atoms with Crippen molar-refractivity contribution in [3.05, 3.63) is 28.8 Å².